The maximum Gasteiger partial charge on any atom is 0.170 e. The van der Waals surface area contributed by atoms with Crippen LogP contribution in [-0.2, 0) is 11.2 Å². The Bertz CT molecular complexity index is 891. The summed E-state index contributed by atoms with van der Waals surface area (Å²) in [6.07, 6.45) is 3.48. The van der Waals surface area contributed by atoms with Gasteiger partial charge in [-0.05, 0) is 60.0 Å². The van der Waals surface area contributed by atoms with Crippen molar-refractivity contribution in [2.24, 2.45) is 0 Å². The van der Waals surface area contributed by atoms with E-state index < -0.39 is 0 Å². The number of phenolic OH excluding ortho intramolecular Hbond substituents is 1. The van der Waals surface area contributed by atoms with Crippen molar-refractivity contribution in [2.75, 3.05) is 0 Å². The van der Waals surface area contributed by atoms with E-state index >= 15 is 0 Å². The molecule has 2 aromatic rings. The Morgan fingerprint density at radius 1 is 1.23 bits per heavy atom. The van der Waals surface area contributed by atoms with Crippen molar-refractivity contribution in [3.05, 3.63) is 77.4 Å². The summed E-state index contributed by atoms with van der Waals surface area (Å²) < 4.78 is 5.77. The van der Waals surface area contributed by atoms with Crippen molar-refractivity contribution in [1.82, 2.24) is 0 Å². The zero-order valence-corrected chi connectivity index (χ0v) is 14.6. The molecular formula is C22H20O4. The molecule has 2 aromatic carbocycles. The number of aromatic hydroxyl groups is 1. The van der Waals surface area contributed by atoms with Crippen molar-refractivity contribution < 1.29 is 19.4 Å². The topological polar surface area (TPSA) is 63.6 Å². The molecule has 4 nitrogen and oxygen atoms in total. The van der Waals surface area contributed by atoms with Gasteiger partial charge in [-0.3, -0.25) is 9.59 Å². The maximum atomic E-state index is 12.4. The van der Waals surface area contributed by atoms with Crippen LogP contribution in [0.25, 0.3) is 6.08 Å². The van der Waals surface area contributed by atoms with Crippen molar-refractivity contribution in [3.8, 4) is 11.5 Å². The number of carbonyl (C=O) groups excluding carboxylic acids is 2. The summed E-state index contributed by atoms with van der Waals surface area (Å²) in [5, 5.41) is 9.24. The molecule has 1 aliphatic heterocycles. The van der Waals surface area contributed by atoms with Crippen molar-refractivity contribution >= 4 is 17.6 Å². The molecule has 0 spiro atoms. The molecule has 0 saturated carbocycles. The first kappa shape index (κ1) is 17.7. The quantitative estimate of drug-likeness (QED) is 0.369. The second-order valence-electron chi connectivity index (χ2n) is 6.47. The van der Waals surface area contributed by atoms with Gasteiger partial charge in [0, 0.05) is 12.0 Å². The highest BCUT2D eigenvalue weighted by atomic mass is 16.5. The number of rotatable bonds is 6. The van der Waals surface area contributed by atoms with Crippen LogP contribution in [0.5, 0.6) is 11.5 Å². The van der Waals surface area contributed by atoms with E-state index in [-0.39, 0.29) is 29.8 Å². The standard InChI is InChI=1S/C22H20O4/c1-14(2)22-12-17-11-16(6-10-21(17)26-22)20(25)13-19(24)9-5-15-3-7-18(23)8-4-15/h3-11,22-23H,1,12-13H2,2H3. The minimum atomic E-state index is -0.264. The fraction of sp³-hybridized carbons (Fsp3) is 0.182. The smallest absolute Gasteiger partial charge is 0.170 e. The average molecular weight is 348 g/mol. The van der Waals surface area contributed by atoms with Crippen LogP contribution in [0.2, 0.25) is 0 Å². The number of ether oxygens (including phenoxy) is 1. The predicted molar refractivity (Wildman–Crippen MR) is 100 cm³/mol. The van der Waals surface area contributed by atoms with E-state index in [0.717, 1.165) is 22.4 Å². The number of ketones is 2. The summed E-state index contributed by atoms with van der Waals surface area (Å²) in [7, 11) is 0. The van der Waals surface area contributed by atoms with E-state index in [1.807, 2.05) is 6.92 Å². The highest BCUT2D eigenvalue weighted by Gasteiger charge is 2.24. The van der Waals surface area contributed by atoms with E-state index in [4.69, 9.17) is 4.74 Å². The molecule has 132 valence electrons. The Balaban J connectivity index is 1.63. The van der Waals surface area contributed by atoms with Gasteiger partial charge in [-0.15, -0.1) is 0 Å². The Kier molecular flexibility index (Phi) is 5.03. The van der Waals surface area contributed by atoms with Gasteiger partial charge in [-0.25, -0.2) is 0 Å². The number of hydrogen-bond acceptors (Lipinski definition) is 4. The molecule has 0 saturated heterocycles. The lowest BCUT2D eigenvalue weighted by Crippen LogP contribution is -2.13. The molecule has 3 rings (SSSR count). The molecular weight excluding hydrogens is 328 g/mol. The average Bonchev–Trinajstić information content (AvgIpc) is 3.05. The first-order chi connectivity index (χ1) is 12.4. The van der Waals surface area contributed by atoms with Gasteiger partial charge in [-0.2, -0.15) is 0 Å². The van der Waals surface area contributed by atoms with E-state index in [0.29, 0.717) is 12.0 Å². The third-order valence-corrected chi connectivity index (χ3v) is 4.30. The SMILES string of the molecule is C=C(C)C1Cc2cc(C(=O)CC(=O)C=Cc3ccc(O)cc3)ccc2O1. The summed E-state index contributed by atoms with van der Waals surface area (Å²) >= 11 is 0. The first-order valence-electron chi connectivity index (χ1n) is 8.40. The summed E-state index contributed by atoms with van der Waals surface area (Å²) in [5.74, 6) is 0.456. The van der Waals surface area contributed by atoms with Crippen LogP contribution < -0.4 is 4.74 Å². The van der Waals surface area contributed by atoms with Gasteiger partial charge in [0.25, 0.3) is 0 Å². The number of phenols is 1. The van der Waals surface area contributed by atoms with Crippen LogP contribution in [0, 0.1) is 0 Å². The molecule has 1 heterocycles. The van der Waals surface area contributed by atoms with Gasteiger partial charge in [-0.1, -0.05) is 24.8 Å². The Morgan fingerprint density at radius 2 is 1.96 bits per heavy atom. The van der Waals surface area contributed by atoms with Crippen molar-refractivity contribution in [1.29, 1.82) is 0 Å². The molecule has 0 radical (unpaired) electrons. The number of fused-ring (bicyclic) bond motifs is 1. The van der Waals surface area contributed by atoms with E-state index in [1.54, 1.807) is 48.5 Å². The number of carbonyl (C=O) groups is 2. The summed E-state index contributed by atoms with van der Waals surface area (Å²) in [6.45, 7) is 5.83. The summed E-state index contributed by atoms with van der Waals surface area (Å²) in [6, 6.07) is 11.7. The molecule has 0 aromatic heterocycles. The number of Topliss-reactive ketones (excluding diaryl/α,β-unsaturated/α-hetero) is 1. The van der Waals surface area contributed by atoms with Crippen molar-refractivity contribution in [3.63, 3.8) is 0 Å². The van der Waals surface area contributed by atoms with Crippen LogP contribution in [-0.4, -0.2) is 22.8 Å². The van der Waals surface area contributed by atoms with Crippen molar-refractivity contribution in [2.45, 2.75) is 25.9 Å². The van der Waals surface area contributed by atoms with Gasteiger partial charge in [0.05, 0.1) is 6.42 Å². The van der Waals surface area contributed by atoms with Crippen LogP contribution in [0.1, 0.15) is 34.8 Å². The minimum Gasteiger partial charge on any atom is -0.508 e. The molecule has 26 heavy (non-hydrogen) atoms. The van der Waals surface area contributed by atoms with Gasteiger partial charge < -0.3 is 9.84 Å². The van der Waals surface area contributed by atoms with E-state index in [2.05, 4.69) is 6.58 Å². The Morgan fingerprint density at radius 3 is 2.65 bits per heavy atom. The monoisotopic (exact) mass is 348 g/mol. The van der Waals surface area contributed by atoms with E-state index in [9.17, 15) is 14.7 Å². The van der Waals surface area contributed by atoms with E-state index in [1.165, 1.54) is 6.08 Å². The molecule has 0 amide bonds. The summed E-state index contributed by atoms with van der Waals surface area (Å²) in [4.78, 5) is 24.4. The van der Waals surface area contributed by atoms with Gasteiger partial charge in [0.2, 0.25) is 0 Å². The second kappa shape index (κ2) is 7.40. The lowest BCUT2D eigenvalue weighted by Gasteiger charge is -2.08. The molecule has 4 heteroatoms. The molecule has 0 fully saturated rings. The molecule has 1 unspecified atom stereocenters. The van der Waals surface area contributed by atoms with Crippen LogP contribution in [0.4, 0.5) is 0 Å². The third kappa shape index (κ3) is 4.09. The zero-order chi connectivity index (χ0) is 18.7. The number of benzene rings is 2. The number of allylic oxidation sites excluding steroid dienone is 1. The molecule has 1 atom stereocenters. The van der Waals surface area contributed by atoms with Crippen LogP contribution >= 0.6 is 0 Å². The van der Waals surface area contributed by atoms with Gasteiger partial charge in [0.1, 0.15) is 17.6 Å². The fourth-order valence-electron chi connectivity index (χ4n) is 2.79. The minimum absolute atomic E-state index is 0.0507. The van der Waals surface area contributed by atoms with Crippen LogP contribution in [0.3, 0.4) is 0 Å². The highest BCUT2D eigenvalue weighted by molar-refractivity contribution is 6.12. The van der Waals surface area contributed by atoms with Gasteiger partial charge >= 0.3 is 0 Å². The van der Waals surface area contributed by atoms with Crippen LogP contribution in [0.15, 0.2) is 60.7 Å². The predicted octanol–water partition coefficient (Wildman–Crippen LogP) is 4.13. The normalized spacial score (nSPS) is 15.5. The second-order valence-corrected chi connectivity index (χ2v) is 6.47. The summed E-state index contributed by atoms with van der Waals surface area (Å²) in [5.41, 5.74) is 3.21. The fourth-order valence-corrected chi connectivity index (χ4v) is 2.79. The first-order valence-corrected chi connectivity index (χ1v) is 8.40. The van der Waals surface area contributed by atoms with Gasteiger partial charge in [0.15, 0.2) is 11.6 Å². The Labute approximate surface area is 152 Å². The molecule has 0 bridgehead atoms. The third-order valence-electron chi connectivity index (χ3n) is 4.30. The lowest BCUT2D eigenvalue weighted by atomic mass is 10.00. The maximum absolute atomic E-state index is 12.4. The Hall–Kier alpha value is -3.14. The number of hydrogen-bond donors (Lipinski definition) is 1. The molecule has 1 N–H and O–H groups in total. The lowest BCUT2D eigenvalue weighted by molar-refractivity contribution is -0.113. The zero-order valence-electron chi connectivity index (χ0n) is 14.6. The molecule has 1 aliphatic rings. The largest absolute Gasteiger partial charge is 0.508 e. The molecule has 0 aliphatic carbocycles. The highest BCUT2D eigenvalue weighted by Crippen LogP contribution is 2.32.